The first-order chi connectivity index (χ1) is 11.7. The fourth-order valence-electron chi connectivity index (χ4n) is 2.88. The van der Waals surface area contributed by atoms with Gasteiger partial charge in [0.05, 0.1) is 11.6 Å². The number of para-hydroxylation sites is 1. The van der Waals surface area contributed by atoms with Crippen molar-refractivity contribution in [1.82, 2.24) is 4.90 Å². The predicted molar refractivity (Wildman–Crippen MR) is 91.4 cm³/mol. The molecule has 1 heterocycles. The van der Waals surface area contributed by atoms with Gasteiger partial charge in [0.2, 0.25) is 5.91 Å². The van der Waals surface area contributed by atoms with Gasteiger partial charge in [0.25, 0.3) is 0 Å². The number of nitrogens with zero attached hydrogens (tertiary/aromatic N) is 2. The van der Waals surface area contributed by atoms with Crippen LogP contribution in [0.3, 0.4) is 0 Å². The number of carbonyl (C=O) groups excluding carboxylic acids is 1. The average molecular weight is 318 g/mol. The lowest BCUT2D eigenvalue weighted by atomic mass is 9.99. The Labute approximate surface area is 141 Å². The fourth-order valence-corrected chi connectivity index (χ4v) is 2.88. The smallest absolute Gasteiger partial charge is 0.234 e. The van der Waals surface area contributed by atoms with Gasteiger partial charge in [-0.25, -0.2) is 0 Å². The van der Waals surface area contributed by atoms with Crippen LogP contribution in [0.25, 0.3) is 0 Å². The minimum atomic E-state index is -0.278. The molecule has 0 aliphatic carbocycles. The molecule has 2 aromatic rings. The molecule has 0 unspecified atom stereocenters. The van der Waals surface area contributed by atoms with E-state index in [4.69, 9.17) is 10.00 Å². The van der Waals surface area contributed by atoms with E-state index in [2.05, 4.69) is 12.6 Å². The van der Waals surface area contributed by atoms with Gasteiger partial charge in [-0.2, -0.15) is 5.26 Å². The minimum Gasteiger partial charge on any atom is -0.492 e. The molecule has 1 atom stereocenters. The summed E-state index contributed by atoms with van der Waals surface area (Å²) in [7, 11) is 0. The Morgan fingerprint density at radius 1 is 1.29 bits per heavy atom. The van der Waals surface area contributed by atoms with Gasteiger partial charge in [-0.3, -0.25) is 4.79 Å². The maximum absolute atomic E-state index is 13.0. The average Bonchev–Trinajstić information content (AvgIpc) is 3.05. The zero-order valence-electron chi connectivity index (χ0n) is 13.3. The second kappa shape index (κ2) is 7.01. The largest absolute Gasteiger partial charge is 0.492 e. The number of rotatable bonds is 5. The van der Waals surface area contributed by atoms with Crippen LogP contribution in [0.15, 0.2) is 61.2 Å². The highest BCUT2D eigenvalue weighted by atomic mass is 16.5. The molecule has 2 aromatic carbocycles. The van der Waals surface area contributed by atoms with Crippen LogP contribution < -0.4 is 4.74 Å². The lowest BCUT2D eigenvalue weighted by molar-refractivity contribution is -0.133. The summed E-state index contributed by atoms with van der Waals surface area (Å²) in [5.74, 6) is 0.538. The van der Waals surface area contributed by atoms with Crippen molar-refractivity contribution in [3.05, 3.63) is 77.9 Å². The van der Waals surface area contributed by atoms with Gasteiger partial charge in [-0.05, 0) is 23.8 Å². The van der Waals surface area contributed by atoms with Crippen molar-refractivity contribution in [2.75, 3.05) is 13.2 Å². The fraction of sp³-hybridized carbons (Fsp3) is 0.200. The summed E-state index contributed by atoms with van der Waals surface area (Å²) in [6.45, 7) is 5.08. The van der Waals surface area contributed by atoms with Gasteiger partial charge in [-0.15, -0.1) is 6.58 Å². The monoisotopic (exact) mass is 318 g/mol. The van der Waals surface area contributed by atoms with E-state index in [1.54, 1.807) is 23.1 Å². The Morgan fingerprint density at radius 2 is 2.04 bits per heavy atom. The van der Waals surface area contributed by atoms with Crippen LogP contribution in [-0.4, -0.2) is 24.0 Å². The van der Waals surface area contributed by atoms with Crippen LogP contribution >= 0.6 is 0 Å². The number of hydrogen-bond acceptors (Lipinski definition) is 3. The zero-order chi connectivity index (χ0) is 16.9. The maximum atomic E-state index is 13.0. The number of carbonyl (C=O) groups is 1. The molecule has 24 heavy (non-hydrogen) atoms. The molecule has 0 N–H and O–H groups in total. The van der Waals surface area contributed by atoms with E-state index in [1.807, 2.05) is 36.4 Å². The Hall–Kier alpha value is -3.06. The van der Waals surface area contributed by atoms with Gasteiger partial charge < -0.3 is 9.64 Å². The lowest BCUT2D eigenvalue weighted by Crippen LogP contribution is -2.35. The molecular weight excluding hydrogens is 300 g/mol. The second-order valence-electron chi connectivity index (χ2n) is 5.72. The van der Waals surface area contributed by atoms with Crippen LogP contribution in [0.2, 0.25) is 0 Å². The van der Waals surface area contributed by atoms with Gasteiger partial charge in [0.1, 0.15) is 18.3 Å². The number of ether oxygens (including phenoxy) is 1. The quantitative estimate of drug-likeness (QED) is 0.795. The molecule has 4 heteroatoms. The summed E-state index contributed by atoms with van der Waals surface area (Å²) in [5, 5.41) is 8.88. The second-order valence-corrected chi connectivity index (χ2v) is 5.72. The highest BCUT2D eigenvalue weighted by Crippen LogP contribution is 2.34. The molecule has 0 aromatic heterocycles. The minimum absolute atomic E-state index is 0.0317. The highest BCUT2D eigenvalue weighted by Gasteiger charge is 2.32. The molecule has 0 fully saturated rings. The van der Waals surface area contributed by atoms with Crippen LogP contribution in [0, 0.1) is 11.3 Å². The molecule has 4 nitrogen and oxygen atoms in total. The summed E-state index contributed by atoms with van der Waals surface area (Å²) < 4.78 is 5.63. The topological polar surface area (TPSA) is 53.3 Å². The van der Waals surface area contributed by atoms with Gasteiger partial charge in [0.15, 0.2) is 0 Å². The SMILES string of the molecule is C=CCN(Cc1ccc(C#N)cc1)C(=O)[C@@H]1COc2ccccc21. The number of fused-ring (bicyclic) bond motifs is 1. The van der Waals surface area contributed by atoms with E-state index in [-0.39, 0.29) is 11.8 Å². The lowest BCUT2D eigenvalue weighted by Gasteiger charge is -2.24. The Balaban J connectivity index is 1.79. The molecular formula is C20H18N2O2. The third-order valence-corrected chi connectivity index (χ3v) is 4.12. The molecule has 0 saturated carbocycles. The van der Waals surface area contributed by atoms with Crippen molar-refractivity contribution in [1.29, 1.82) is 5.26 Å². The molecule has 1 aliphatic heterocycles. The Kier molecular flexibility index (Phi) is 4.62. The van der Waals surface area contributed by atoms with Gasteiger partial charge >= 0.3 is 0 Å². The van der Waals surface area contributed by atoms with Crippen LogP contribution in [0.4, 0.5) is 0 Å². The molecule has 1 amide bonds. The third kappa shape index (κ3) is 3.16. The van der Waals surface area contributed by atoms with Crippen molar-refractivity contribution < 1.29 is 9.53 Å². The maximum Gasteiger partial charge on any atom is 0.234 e. The Morgan fingerprint density at radius 3 is 2.75 bits per heavy atom. The van der Waals surface area contributed by atoms with Crippen molar-refractivity contribution in [2.24, 2.45) is 0 Å². The van der Waals surface area contributed by atoms with E-state index in [0.29, 0.717) is 25.3 Å². The number of nitriles is 1. The summed E-state index contributed by atoms with van der Waals surface area (Å²) in [5.41, 5.74) is 2.53. The van der Waals surface area contributed by atoms with E-state index >= 15 is 0 Å². The zero-order valence-corrected chi connectivity index (χ0v) is 13.3. The van der Waals surface area contributed by atoms with Crippen LogP contribution in [0.5, 0.6) is 5.75 Å². The summed E-state index contributed by atoms with van der Waals surface area (Å²) in [6, 6.07) is 17.0. The number of hydrogen-bond donors (Lipinski definition) is 0. The van der Waals surface area contributed by atoms with Crippen molar-refractivity contribution in [3.8, 4) is 11.8 Å². The first-order valence-electron chi connectivity index (χ1n) is 7.83. The molecule has 3 rings (SSSR count). The first kappa shape index (κ1) is 15.8. The normalized spacial score (nSPS) is 15.0. The van der Waals surface area contributed by atoms with Crippen molar-refractivity contribution in [3.63, 3.8) is 0 Å². The van der Waals surface area contributed by atoms with Gasteiger partial charge in [0, 0.05) is 18.7 Å². The summed E-state index contributed by atoms with van der Waals surface area (Å²) in [4.78, 5) is 14.7. The van der Waals surface area contributed by atoms with Crippen LogP contribution in [0.1, 0.15) is 22.6 Å². The van der Waals surface area contributed by atoms with Crippen LogP contribution in [-0.2, 0) is 11.3 Å². The van der Waals surface area contributed by atoms with E-state index in [1.165, 1.54) is 0 Å². The predicted octanol–water partition coefficient (Wildman–Crippen LogP) is 3.25. The molecule has 120 valence electrons. The van der Waals surface area contributed by atoms with Crippen molar-refractivity contribution in [2.45, 2.75) is 12.5 Å². The number of benzene rings is 2. The van der Waals surface area contributed by atoms with E-state index in [0.717, 1.165) is 16.9 Å². The molecule has 0 spiro atoms. The summed E-state index contributed by atoms with van der Waals surface area (Å²) >= 11 is 0. The number of amides is 1. The van der Waals surface area contributed by atoms with E-state index in [9.17, 15) is 4.79 Å². The van der Waals surface area contributed by atoms with Gasteiger partial charge in [-0.1, -0.05) is 36.4 Å². The standard InChI is InChI=1S/C20H18N2O2/c1-2-11-22(13-16-9-7-15(12-21)8-10-16)20(23)18-14-24-19-6-4-3-5-17(18)19/h2-10,18H,1,11,13-14H2/t18-/m1/s1. The van der Waals surface area contributed by atoms with Crippen molar-refractivity contribution >= 4 is 5.91 Å². The molecule has 0 radical (unpaired) electrons. The molecule has 0 saturated heterocycles. The highest BCUT2D eigenvalue weighted by molar-refractivity contribution is 5.85. The van der Waals surface area contributed by atoms with E-state index < -0.39 is 0 Å². The molecule has 0 bridgehead atoms. The molecule has 1 aliphatic rings. The summed E-state index contributed by atoms with van der Waals surface area (Å²) in [6.07, 6.45) is 1.73. The Bertz CT molecular complexity index is 790. The first-order valence-corrected chi connectivity index (χ1v) is 7.83. The third-order valence-electron chi connectivity index (χ3n) is 4.12.